The summed E-state index contributed by atoms with van der Waals surface area (Å²) in [5.41, 5.74) is 0.621. The molecular formula is C15H22N2O4. The van der Waals surface area contributed by atoms with Gasteiger partial charge in [0.05, 0.1) is 27.4 Å². The molecule has 0 bridgehead atoms. The van der Waals surface area contributed by atoms with Gasteiger partial charge in [0.1, 0.15) is 0 Å². The van der Waals surface area contributed by atoms with Crippen LogP contribution in [0.2, 0.25) is 0 Å². The molecule has 0 radical (unpaired) electrons. The summed E-state index contributed by atoms with van der Waals surface area (Å²) < 4.78 is 15.8. The smallest absolute Gasteiger partial charge is 0.241 e. The quantitative estimate of drug-likeness (QED) is 0.864. The number of carbonyl (C=O) groups excluding carboxylic acids is 1. The van der Waals surface area contributed by atoms with Gasteiger partial charge in [-0.2, -0.15) is 0 Å². The second-order valence-electron chi connectivity index (χ2n) is 5.10. The molecule has 1 saturated heterocycles. The highest BCUT2D eigenvalue weighted by Gasteiger charge is 2.29. The van der Waals surface area contributed by atoms with E-state index in [1.165, 1.54) is 0 Å². The zero-order valence-electron chi connectivity index (χ0n) is 12.9. The number of benzene rings is 1. The van der Waals surface area contributed by atoms with Crippen molar-refractivity contribution in [3.05, 3.63) is 12.1 Å². The zero-order valence-corrected chi connectivity index (χ0v) is 12.9. The molecule has 0 saturated carbocycles. The van der Waals surface area contributed by atoms with E-state index in [4.69, 9.17) is 14.2 Å². The lowest BCUT2D eigenvalue weighted by Gasteiger charge is -2.18. The predicted molar refractivity (Wildman–Crippen MR) is 80.3 cm³/mol. The van der Waals surface area contributed by atoms with E-state index in [-0.39, 0.29) is 11.9 Å². The third-order valence-corrected chi connectivity index (χ3v) is 3.75. The van der Waals surface area contributed by atoms with Crippen LogP contribution < -0.4 is 24.8 Å². The highest BCUT2D eigenvalue weighted by Crippen LogP contribution is 2.40. The Morgan fingerprint density at radius 1 is 1.19 bits per heavy atom. The maximum absolute atomic E-state index is 12.3. The van der Waals surface area contributed by atoms with Crippen molar-refractivity contribution in [2.75, 3.05) is 33.2 Å². The Bertz CT molecular complexity index is 493. The lowest BCUT2D eigenvalue weighted by molar-refractivity contribution is -0.118. The summed E-state index contributed by atoms with van der Waals surface area (Å²) in [4.78, 5) is 12.3. The van der Waals surface area contributed by atoms with E-state index in [1.807, 2.05) is 0 Å². The molecular weight excluding hydrogens is 272 g/mol. The van der Waals surface area contributed by atoms with Crippen molar-refractivity contribution in [1.29, 1.82) is 0 Å². The van der Waals surface area contributed by atoms with Crippen LogP contribution in [0.15, 0.2) is 12.1 Å². The molecule has 2 unspecified atom stereocenters. The van der Waals surface area contributed by atoms with Crippen LogP contribution in [0.25, 0.3) is 0 Å². The maximum Gasteiger partial charge on any atom is 0.241 e. The van der Waals surface area contributed by atoms with Crippen molar-refractivity contribution in [1.82, 2.24) is 5.32 Å². The van der Waals surface area contributed by atoms with Crippen LogP contribution in [0.4, 0.5) is 5.69 Å². The molecule has 116 valence electrons. The van der Waals surface area contributed by atoms with Gasteiger partial charge in [0.2, 0.25) is 11.7 Å². The Balaban J connectivity index is 2.21. The molecule has 6 heteroatoms. The van der Waals surface area contributed by atoms with Gasteiger partial charge in [-0.05, 0) is 18.9 Å². The van der Waals surface area contributed by atoms with Crippen LogP contribution in [0.3, 0.4) is 0 Å². The van der Waals surface area contributed by atoms with Gasteiger partial charge >= 0.3 is 0 Å². The van der Waals surface area contributed by atoms with Gasteiger partial charge in [-0.15, -0.1) is 0 Å². The molecule has 0 aliphatic carbocycles. The lowest BCUT2D eigenvalue weighted by Crippen LogP contribution is -2.39. The number of carbonyl (C=O) groups is 1. The molecule has 6 nitrogen and oxygen atoms in total. The molecule has 0 spiro atoms. The minimum atomic E-state index is -0.163. The fourth-order valence-corrected chi connectivity index (χ4v) is 2.56. The zero-order chi connectivity index (χ0) is 15.4. The van der Waals surface area contributed by atoms with Crippen LogP contribution in [-0.2, 0) is 4.79 Å². The molecule has 1 aromatic carbocycles. The number of methoxy groups -OCH3 is 3. The third-order valence-electron chi connectivity index (χ3n) is 3.75. The second kappa shape index (κ2) is 6.67. The highest BCUT2D eigenvalue weighted by molar-refractivity contribution is 5.95. The van der Waals surface area contributed by atoms with Crippen LogP contribution in [0.1, 0.15) is 13.3 Å². The van der Waals surface area contributed by atoms with Gasteiger partial charge in [0.15, 0.2) is 11.5 Å². The van der Waals surface area contributed by atoms with Crippen molar-refractivity contribution in [2.45, 2.75) is 19.4 Å². The number of ether oxygens (including phenoxy) is 3. The first kappa shape index (κ1) is 15.4. The SMILES string of the molecule is COc1cc(NC(=O)C2NCCC2C)cc(OC)c1OC. The van der Waals surface area contributed by atoms with E-state index in [0.29, 0.717) is 28.9 Å². The van der Waals surface area contributed by atoms with Crippen molar-refractivity contribution in [3.63, 3.8) is 0 Å². The fourth-order valence-electron chi connectivity index (χ4n) is 2.56. The Morgan fingerprint density at radius 2 is 1.81 bits per heavy atom. The number of rotatable bonds is 5. The normalized spacial score (nSPS) is 21.0. The number of hydrogen-bond acceptors (Lipinski definition) is 5. The molecule has 2 rings (SSSR count). The van der Waals surface area contributed by atoms with Crippen molar-refractivity contribution >= 4 is 11.6 Å². The number of nitrogens with one attached hydrogen (secondary N) is 2. The molecule has 0 aromatic heterocycles. The first-order valence-electron chi connectivity index (χ1n) is 6.95. The largest absolute Gasteiger partial charge is 0.493 e. The first-order chi connectivity index (χ1) is 10.1. The maximum atomic E-state index is 12.3. The molecule has 1 aromatic rings. The van der Waals surface area contributed by atoms with Gasteiger partial charge in [-0.1, -0.05) is 6.92 Å². The third kappa shape index (κ3) is 3.21. The van der Waals surface area contributed by atoms with Gasteiger partial charge in [-0.3, -0.25) is 4.79 Å². The van der Waals surface area contributed by atoms with Crippen LogP contribution >= 0.6 is 0 Å². The topological polar surface area (TPSA) is 68.8 Å². The molecule has 1 amide bonds. The molecule has 1 heterocycles. The van der Waals surface area contributed by atoms with Crippen molar-refractivity contribution in [2.24, 2.45) is 5.92 Å². The summed E-state index contributed by atoms with van der Waals surface area (Å²) in [7, 11) is 4.63. The molecule has 1 fully saturated rings. The lowest BCUT2D eigenvalue weighted by atomic mass is 10.0. The van der Waals surface area contributed by atoms with Gasteiger partial charge in [0.25, 0.3) is 0 Å². The Labute approximate surface area is 124 Å². The van der Waals surface area contributed by atoms with Gasteiger partial charge < -0.3 is 24.8 Å². The van der Waals surface area contributed by atoms with E-state index in [1.54, 1.807) is 33.5 Å². The first-order valence-corrected chi connectivity index (χ1v) is 6.95. The Morgan fingerprint density at radius 3 is 2.24 bits per heavy atom. The monoisotopic (exact) mass is 294 g/mol. The van der Waals surface area contributed by atoms with Crippen LogP contribution in [0.5, 0.6) is 17.2 Å². The summed E-state index contributed by atoms with van der Waals surface area (Å²) in [6, 6.07) is 3.28. The highest BCUT2D eigenvalue weighted by atomic mass is 16.5. The fraction of sp³-hybridized carbons (Fsp3) is 0.533. The number of amides is 1. The van der Waals surface area contributed by atoms with E-state index in [0.717, 1.165) is 13.0 Å². The van der Waals surface area contributed by atoms with Crippen molar-refractivity contribution < 1.29 is 19.0 Å². The minimum absolute atomic E-state index is 0.0470. The summed E-state index contributed by atoms with van der Waals surface area (Å²) in [5.74, 6) is 1.81. The minimum Gasteiger partial charge on any atom is -0.493 e. The Hall–Kier alpha value is -1.95. The Kier molecular flexibility index (Phi) is 4.90. The van der Waals surface area contributed by atoms with E-state index >= 15 is 0 Å². The summed E-state index contributed by atoms with van der Waals surface area (Å²) in [5, 5.41) is 6.10. The standard InChI is InChI=1S/C15H22N2O4/c1-9-5-6-16-13(9)15(18)17-10-7-11(19-2)14(21-4)12(8-10)20-3/h7-9,13,16H,5-6H2,1-4H3,(H,17,18). The molecule has 2 atom stereocenters. The summed E-state index contributed by atoms with van der Waals surface area (Å²) >= 11 is 0. The number of hydrogen-bond donors (Lipinski definition) is 2. The van der Waals surface area contributed by atoms with Crippen molar-refractivity contribution in [3.8, 4) is 17.2 Å². The average molecular weight is 294 g/mol. The molecule has 1 aliphatic heterocycles. The van der Waals surface area contributed by atoms with Crippen LogP contribution in [-0.4, -0.2) is 39.8 Å². The van der Waals surface area contributed by atoms with E-state index in [2.05, 4.69) is 17.6 Å². The van der Waals surface area contributed by atoms with Gasteiger partial charge in [0, 0.05) is 17.8 Å². The summed E-state index contributed by atoms with van der Waals surface area (Å²) in [6.07, 6.45) is 1.01. The second-order valence-corrected chi connectivity index (χ2v) is 5.10. The molecule has 1 aliphatic rings. The van der Waals surface area contributed by atoms with E-state index in [9.17, 15) is 4.79 Å². The average Bonchev–Trinajstić information content (AvgIpc) is 2.92. The number of anilines is 1. The molecule has 2 N–H and O–H groups in total. The molecule has 21 heavy (non-hydrogen) atoms. The van der Waals surface area contributed by atoms with Crippen LogP contribution in [0, 0.1) is 5.92 Å². The van der Waals surface area contributed by atoms with Gasteiger partial charge in [-0.25, -0.2) is 0 Å². The summed E-state index contributed by atoms with van der Waals surface area (Å²) in [6.45, 7) is 2.94. The predicted octanol–water partition coefficient (Wildman–Crippen LogP) is 1.65. The van der Waals surface area contributed by atoms with E-state index < -0.39 is 0 Å².